The fourth-order valence-electron chi connectivity index (χ4n) is 1.61. The lowest BCUT2D eigenvalue weighted by Crippen LogP contribution is -2.28. The van der Waals surface area contributed by atoms with Gasteiger partial charge >= 0.3 is 0 Å². The third-order valence-corrected chi connectivity index (χ3v) is 3.96. The van der Waals surface area contributed by atoms with Gasteiger partial charge in [-0.2, -0.15) is 0 Å². The van der Waals surface area contributed by atoms with Crippen molar-refractivity contribution in [2.75, 3.05) is 0 Å². The molecule has 1 atom stereocenters. The molecule has 1 rings (SSSR count). The number of nitrogens with one attached hydrogen (secondary N) is 1. The highest BCUT2D eigenvalue weighted by atomic mass is 127. The van der Waals surface area contributed by atoms with Crippen LogP contribution in [0.5, 0.6) is 0 Å². The Hall–Kier alpha value is 0.350. The van der Waals surface area contributed by atoms with Gasteiger partial charge in [0.25, 0.3) is 0 Å². The first-order chi connectivity index (χ1) is 7.54. The van der Waals surface area contributed by atoms with Gasteiger partial charge in [-0.25, -0.2) is 0 Å². The van der Waals surface area contributed by atoms with Crippen molar-refractivity contribution in [3.8, 4) is 0 Å². The topological polar surface area (TPSA) is 38.0 Å². The first-order valence-electron chi connectivity index (χ1n) is 5.45. The summed E-state index contributed by atoms with van der Waals surface area (Å²) < 4.78 is 2.36. The number of benzene rings is 1. The van der Waals surface area contributed by atoms with Crippen LogP contribution in [0.15, 0.2) is 22.7 Å². The normalized spacial score (nSPS) is 13.1. The predicted octanol–water partition coefficient (Wildman–Crippen LogP) is 3.99. The van der Waals surface area contributed by atoms with Crippen LogP contribution < -0.4 is 11.3 Å². The molecule has 0 aliphatic carbocycles. The lowest BCUT2D eigenvalue weighted by Gasteiger charge is -2.19. The molecule has 2 nitrogen and oxygen atoms in total. The summed E-state index contributed by atoms with van der Waals surface area (Å²) in [6.07, 6.45) is 2.24. The number of hydrazine groups is 1. The minimum atomic E-state index is 0.228. The largest absolute Gasteiger partial charge is 0.271 e. The van der Waals surface area contributed by atoms with Gasteiger partial charge in [0.1, 0.15) is 0 Å². The van der Waals surface area contributed by atoms with Crippen LogP contribution in [0.4, 0.5) is 0 Å². The van der Waals surface area contributed by atoms with E-state index in [1.54, 1.807) is 0 Å². The smallest absolute Gasteiger partial charge is 0.0471 e. The van der Waals surface area contributed by atoms with E-state index in [2.05, 4.69) is 76.0 Å². The number of nitrogens with two attached hydrogens (primary N) is 1. The molecule has 1 aromatic carbocycles. The fraction of sp³-hybridized carbons (Fsp3) is 0.500. The van der Waals surface area contributed by atoms with Crippen LogP contribution in [-0.2, 0) is 0 Å². The molecular formula is C12H18BrIN2. The van der Waals surface area contributed by atoms with Gasteiger partial charge in [0.15, 0.2) is 0 Å². The fourth-order valence-corrected chi connectivity index (χ4v) is 2.65. The van der Waals surface area contributed by atoms with E-state index in [4.69, 9.17) is 5.84 Å². The number of hydrogen-bond donors (Lipinski definition) is 2. The molecule has 0 bridgehead atoms. The van der Waals surface area contributed by atoms with Crippen molar-refractivity contribution < 1.29 is 0 Å². The van der Waals surface area contributed by atoms with Crippen molar-refractivity contribution >= 4 is 38.5 Å². The van der Waals surface area contributed by atoms with E-state index in [-0.39, 0.29) is 6.04 Å². The highest BCUT2D eigenvalue weighted by Crippen LogP contribution is 2.28. The van der Waals surface area contributed by atoms with Crippen LogP contribution in [0.2, 0.25) is 0 Å². The third-order valence-electron chi connectivity index (χ3n) is 2.57. The molecule has 0 fully saturated rings. The summed E-state index contributed by atoms with van der Waals surface area (Å²) in [6.45, 7) is 4.47. The van der Waals surface area contributed by atoms with Gasteiger partial charge < -0.3 is 0 Å². The van der Waals surface area contributed by atoms with Gasteiger partial charge in [-0.05, 0) is 65.1 Å². The van der Waals surface area contributed by atoms with Crippen molar-refractivity contribution in [3.05, 3.63) is 31.8 Å². The number of hydrogen-bond acceptors (Lipinski definition) is 2. The van der Waals surface area contributed by atoms with E-state index in [0.29, 0.717) is 5.92 Å². The average molecular weight is 397 g/mol. The molecule has 1 aromatic rings. The molecule has 1 unspecified atom stereocenters. The van der Waals surface area contributed by atoms with Crippen molar-refractivity contribution in [1.82, 2.24) is 5.43 Å². The Morgan fingerprint density at radius 2 is 2.06 bits per heavy atom. The highest BCUT2D eigenvalue weighted by Gasteiger charge is 2.13. The first-order valence-corrected chi connectivity index (χ1v) is 7.32. The second-order valence-electron chi connectivity index (χ2n) is 4.36. The molecule has 0 spiro atoms. The number of rotatable bonds is 5. The Labute approximate surface area is 120 Å². The lowest BCUT2D eigenvalue weighted by atomic mass is 9.98. The second-order valence-corrected chi connectivity index (χ2v) is 6.46. The van der Waals surface area contributed by atoms with Gasteiger partial charge in [-0.3, -0.25) is 11.3 Å². The summed E-state index contributed by atoms with van der Waals surface area (Å²) >= 11 is 5.90. The minimum absolute atomic E-state index is 0.228. The van der Waals surface area contributed by atoms with Crippen molar-refractivity contribution in [3.63, 3.8) is 0 Å². The predicted molar refractivity (Wildman–Crippen MR) is 81.0 cm³/mol. The monoisotopic (exact) mass is 396 g/mol. The van der Waals surface area contributed by atoms with Gasteiger partial charge in [0, 0.05) is 14.1 Å². The highest BCUT2D eigenvalue weighted by molar-refractivity contribution is 14.1. The van der Waals surface area contributed by atoms with Gasteiger partial charge in [-0.15, -0.1) is 0 Å². The molecule has 16 heavy (non-hydrogen) atoms. The lowest BCUT2D eigenvalue weighted by molar-refractivity contribution is 0.447. The Bertz CT molecular complexity index is 342. The molecule has 4 heteroatoms. The summed E-state index contributed by atoms with van der Waals surface area (Å²) in [4.78, 5) is 0. The zero-order valence-electron chi connectivity index (χ0n) is 9.63. The van der Waals surface area contributed by atoms with Gasteiger partial charge in [-0.1, -0.05) is 29.8 Å². The van der Waals surface area contributed by atoms with Crippen molar-refractivity contribution in [2.24, 2.45) is 11.8 Å². The molecule has 0 aliphatic heterocycles. The molecule has 0 heterocycles. The summed E-state index contributed by atoms with van der Waals surface area (Å²) in [5.41, 5.74) is 4.15. The SMILES string of the molecule is CC(C)CCC(NN)c1cc(I)ccc1Br. The third kappa shape index (κ3) is 4.31. The van der Waals surface area contributed by atoms with Crippen LogP contribution in [0.1, 0.15) is 38.3 Å². The summed E-state index contributed by atoms with van der Waals surface area (Å²) in [5.74, 6) is 6.34. The van der Waals surface area contributed by atoms with Crippen LogP contribution in [0.25, 0.3) is 0 Å². The van der Waals surface area contributed by atoms with Crippen LogP contribution in [0.3, 0.4) is 0 Å². The van der Waals surface area contributed by atoms with Crippen molar-refractivity contribution in [2.45, 2.75) is 32.7 Å². The second kappa shape index (κ2) is 6.93. The molecule has 0 saturated carbocycles. The molecule has 0 amide bonds. The molecule has 3 N–H and O–H groups in total. The quantitative estimate of drug-likeness (QED) is 0.448. The van der Waals surface area contributed by atoms with E-state index >= 15 is 0 Å². The maximum Gasteiger partial charge on any atom is 0.0471 e. The van der Waals surface area contributed by atoms with E-state index in [9.17, 15) is 0 Å². The Morgan fingerprint density at radius 1 is 1.38 bits per heavy atom. The zero-order valence-corrected chi connectivity index (χ0v) is 13.4. The maximum absolute atomic E-state index is 5.64. The summed E-state index contributed by atoms with van der Waals surface area (Å²) in [6, 6.07) is 6.57. The molecular weight excluding hydrogens is 379 g/mol. The standard InChI is InChI=1S/C12H18BrIN2/c1-8(2)3-6-12(16-15)10-7-9(14)4-5-11(10)13/h4-5,7-8,12,16H,3,6,15H2,1-2H3. The van der Waals surface area contributed by atoms with Crippen LogP contribution >= 0.6 is 38.5 Å². The molecule has 90 valence electrons. The van der Waals surface area contributed by atoms with E-state index in [0.717, 1.165) is 10.9 Å². The zero-order chi connectivity index (χ0) is 12.1. The van der Waals surface area contributed by atoms with E-state index in [1.807, 2.05) is 0 Å². The number of halogens is 2. The van der Waals surface area contributed by atoms with Crippen LogP contribution in [0, 0.1) is 9.49 Å². The molecule has 0 aliphatic rings. The molecule has 0 radical (unpaired) electrons. The van der Waals surface area contributed by atoms with Crippen molar-refractivity contribution in [1.29, 1.82) is 0 Å². The Balaban J connectivity index is 2.81. The van der Waals surface area contributed by atoms with Crippen LogP contribution in [-0.4, -0.2) is 0 Å². The van der Waals surface area contributed by atoms with E-state index < -0.39 is 0 Å². The Morgan fingerprint density at radius 3 is 2.62 bits per heavy atom. The van der Waals surface area contributed by atoms with Gasteiger partial charge in [0.2, 0.25) is 0 Å². The average Bonchev–Trinajstić information content (AvgIpc) is 2.23. The first kappa shape index (κ1) is 14.4. The minimum Gasteiger partial charge on any atom is -0.271 e. The Kier molecular flexibility index (Phi) is 6.25. The molecule has 0 saturated heterocycles. The maximum atomic E-state index is 5.64. The summed E-state index contributed by atoms with van der Waals surface area (Å²) in [7, 11) is 0. The summed E-state index contributed by atoms with van der Waals surface area (Å²) in [5, 5.41) is 0. The molecule has 0 aromatic heterocycles. The van der Waals surface area contributed by atoms with Gasteiger partial charge in [0.05, 0.1) is 0 Å². The van der Waals surface area contributed by atoms with E-state index in [1.165, 1.54) is 15.6 Å².